The van der Waals surface area contributed by atoms with Crippen molar-refractivity contribution in [1.82, 2.24) is 0 Å². The molecule has 0 spiro atoms. The third-order valence-corrected chi connectivity index (χ3v) is 5.91. The van der Waals surface area contributed by atoms with Crippen LogP contribution in [0.25, 0.3) is 0 Å². The van der Waals surface area contributed by atoms with Gasteiger partial charge in [-0.3, -0.25) is 4.79 Å². The van der Waals surface area contributed by atoms with Gasteiger partial charge in [-0.25, -0.2) is 0 Å². The molecular formula is C22H26ClNO3. The van der Waals surface area contributed by atoms with E-state index in [4.69, 9.17) is 21.1 Å². The van der Waals surface area contributed by atoms with Crippen LogP contribution >= 0.6 is 11.6 Å². The van der Waals surface area contributed by atoms with Crippen LogP contribution in [0.1, 0.15) is 43.2 Å². The topological polar surface area (TPSA) is 47.6 Å². The Morgan fingerprint density at radius 2 is 1.70 bits per heavy atom. The number of hydrogen-bond donors (Lipinski definition) is 1. The Labute approximate surface area is 165 Å². The molecule has 0 aliphatic heterocycles. The van der Waals surface area contributed by atoms with Crippen molar-refractivity contribution in [2.75, 3.05) is 19.5 Å². The monoisotopic (exact) mass is 387 g/mol. The van der Waals surface area contributed by atoms with Crippen LogP contribution in [0.5, 0.6) is 11.5 Å². The number of carbonyl (C=O) groups excluding carboxylic acids is 1. The zero-order valence-electron chi connectivity index (χ0n) is 16.1. The molecule has 27 heavy (non-hydrogen) atoms. The zero-order chi connectivity index (χ0) is 19.4. The highest BCUT2D eigenvalue weighted by Gasteiger charge is 2.41. The lowest BCUT2D eigenvalue weighted by Crippen LogP contribution is -2.42. The average molecular weight is 388 g/mol. The summed E-state index contributed by atoms with van der Waals surface area (Å²) in [4.78, 5) is 13.4. The fourth-order valence-corrected chi connectivity index (χ4v) is 4.04. The molecule has 1 aliphatic carbocycles. The Hall–Kier alpha value is -2.20. The van der Waals surface area contributed by atoms with Gasteiger partial charge < -0.3 is 14.8 Å². The number of aryl methyl sites for hydroxylation is 1. The Bertz CT molecular complexity index is 828. The Balaban J connectivity index is 1.97. The molecule has 1 amide bonds. The number of ether oxygens (including phenoxy) is 2. The van der Waals surface area contributed by atoms with Gasteiger partial charge in [0.2, 0.25) is 5.91 Å². The summed E-state index contributed by atoms with van der Waals surface area (Å²) in [6, 6.07) is 11.4. The maximum absolute atomic E-state index is 13.4. The molecule has 0 aromatic heterocycles. The first kappa shape index (κ1) is 19.6. The van der Waals surface area contributed by atoms with Crippen molar-refractivity contribution < 1.29 is 14.3 Å². The third-order valence-electron chi connectivity index (χ3n) is 5.51. The standard InChI is InChI=1S/C22H26ClNO3/c1-15-7-9-17(14-18(15)23)24-21(25)22(11-5-4-6-12-22)16-8-10-19(26-2)20(13-16)27-3/h7-10,13-14H,4-6,11-12H2,1-3H3,(H,24,25). The molecule has 1 N–H and O–H groups in total. The average Bonchev–Trinajstić information content (AvgIpc) is 2.70. The maximum atomic E-state index is 13.4. The molecule has 0 atom stereocenters. The first-order valence-electron chi connectivity index (χ1n) is 9.30. The predicted molar refractivity (Wildman–Crippen MR) is 109 cm³/mol. The molecular weight excluding hydrogens is 362 g/mol. The van der Waals surface area contributed by atoms with Crippen LogP contribution in [0.4, 0.5) is 5.69 Å². The molecule has 0 saturated heterocycles. The zero-order valence-corrected chi connectivity index (χ0v) is 16.9. The maximum Gasteiger partial charge on any atom is 0.235 e. The number of anilines is 1. The lowest BCUT2D eigenvalue weighted by atomic mass is 9.68. The second-order valence-electron chi connectivity index (χ2n) is 7.13. The smallest absolute Gasteiger partial charge is 0.235 e. The summed E-state index contributed by atoms with van der Waals surface area (Å²) < 4.78 is 10.8. The fourth-order valence-electron chi connectivity index (χ4n) is 3.86. The first-order valence-corrected chi connectivity index (χ1v) is 9.68. The number of hydrogen-bond acceptors (Lipinski definition) is 3. The minimum absolute atomic E-state index is 0.00865. The Kier molecular flexibility index (Phi) is 5.95. The van der Waals surface area contributed by atoms with Crippen LogP contribution in [0.15, 0.2) is 36.4 Å². The quantitative estimate of drug-likeness (QED) is 0.736. The number of halogens is 1. The van der Waals surface area contributed by atoms with E-state index in [-0.39, 0.29) is 5.91 Å². The second kappa shape index (κ2) is 8.22. The predicted octanol–water partition coefficient (Wildman–Crippen LogP) is 5.51. The van der Waals surface area contributed by atoms with Gasteiger partial charge in [-0.05, 0) is 55.2 Å². The van der Waals surface area contributed by atoms with Crippen LogP contribution in [-0.2, 0) is 10.2 Å². The Morgan fingerprint density at radius 1 is 1.00 bits per heavy atom. The van der Waals surface area contributed by atoms with Gasteiger partial charge in [0.25, 0.3) is 0 Å². The summed E-state index contributed by atoms with van der Waals surface area (Å²) in [7, 11) is 3.23. The van der Waals surface area contributed by atoms with Gasteiger partial charge in [-0.2, -0.15) is 0 Å². The number of methoxy groups -OCH3 is 2. The van der Waals surface area contributed by atoms with Crippen LogP contribution in [0.3, 0.4) is 0 Å². The lowest BCUT2D eigenvalue weighted by Gasteiger charge is -2.36. The van der Waals surface area contributed by atoms with Gasteiger partial charge in [0.05, 0.1) is 19.6 Å². The molecule has 1 aliphatic rings. The number of benzene rings is 2. The van der Waals surface area contributed by atoms with Crippen molar-refractivity contribution in [3.05, 3.63) is 52.5 Å². The van der Waals surface area contributed by atoms with E-state index < -0.39 is 5.41 Å². The highest BCUT2D eigenvalue weighted by Crippen LogP contribution is 2.43. The van der Waals surface area contributed by atoms with E-state index >= 15 is 0 Å². The minimum Gasteiger partial charge on any atom is -0.493 e. The number of amides is 1. The largest absolute Gasteiger partial charge is 0.493 e. The van der Waals surface area contributed by atoms with Crippen molar-refractivity contribution in [3.8, 4) is 11.5 Å². The van der Waals surface area contributed by atoms with E-state index in [1.54, 1.807) is 20.3 Å². The van der Waals surface area contributed by atoms with Gasteiger partial charge in [-0.15, -0.1) is 0 Å². The highest BCUT2D eigenvalue weighted by atomic mass is 35.5. The summed E-state index contributed by atoms with van der Waals surface area (Å²) in [6.07, 6.45) is 4.83. The van der Waals surface area contributed by atoms with Crippen LogP contribution in [0, 0.1) is 6.92 Å². The second-order valence-corrected chi connectivity index (χ2v) is 7.54. The highest BCUT2D eigenvalue weighted by molar-refractivity contribution is 6.31. The van der Waals surface area contributed by atoms with Crippen molar-refractivity contribution in [2.24, 2.45) is 0 Å². The van der Waals surface area contributed by atoms with Crippen molar-refractivity contribution >= 4 is 23.2 Å². The summed E-state index contributed by atoms with van der Waals surface area (Å²) in [5.74, 6) is 1.32. The molecule has 0 heterocycles. The molecule has 144 valence electrons. The summed E-state index contributed by atoms with van der Waals surface area (Å²) in [6.45, 7) is 1.94. The lowest BCUT2D eigenvalue weighted by molar-refractivity contribution is -0.122. The van der Waals surface area contributed by atoms with Gasteiger partial charge in [0.1, 0.15) is 0 Å². The van der Waals surface area contributed by atoms with Crippen LogP contribution < -0.4 is 14.8 Å². The Morgan fingerprint density at radius 3 is 2.33 bits per heavy atom. The molecule has 1 fully saturated rings. The molecule has 3 rings (SSSR count). The van der Waals surface area contributed by atoms with E-state index in [1.165, 1.54) is 0 Å². The molecule has 2 aromatic carbocycles. The van der Waals surface area contributed by atoms with E-state index in [0.717, 1.165) is 48.9 Å². The van der Waals surface area contributed by atoms with E-state index in [1.807, 2.05) is 37.3 Å². The van der Waals surface area contributed by atoms with Crippen LogP contribution in [-0.4, -0.2) is 20.1 Å². The first-order chi connectivity index (χ1) is 13.0. The number of nitrogens with one attached hydrogen (secondary N) is 1. The van der Waals surface area contributed by atoms with E-state index in [0.29, 0.717) is 16.5 Å². The molecule has 2 aromatic rings. The molecule has 5 heteroatoms. The van der Waals surface area contributed by atoms with E-state index in [9.17, 15) is 4.79 Å². The van der Waals surface area contributed by atoms with Crippen LogP contribution in [0.2, 0.25) is 5.02 Å². The normalized spacial score (nSPS) is 15.9. The van der Waals surface area contributed by atoms with Crippen molar-refractivity contribution in [3.63, 3.8) is 0 Å². The molecule has 0 radical (unpaired) electrons. The van der Waals surface area contributed by atoms with Gasteiger partial charge in [0.15, 0.2) is 11.5 Å². The summed E-state index contributed by atoms with van der Waals surface area (Å²) in [5, 5.41) is 3.74. The fraction of sp³-hybridized carbons (Fsp3) is 0.409. The van der Waals surface area contributed by atoms with Crippen molar-refractivity contribution in [1.29, 1.82) is 0 Å². The van der Waals surface area contributed by atoms with Crippen molar-refractivity contribution in [2.45, 2.75) is 44.4 Å². The van der Waals surface area contributed by atoms with Gasteiger partial charge in [-0.1, -0.05) is 43.0 Å². The number of carbonyl (C=O) groups is 1. The third kappa shape index (κ3) is 3.91. The molecule has 0 bridgehead atoms. The van der Waals surface area contributed by atoms with E-state index in [2.05, 4.69) is 5.32 Å². The number of rotatable bonds is 5. The summed E-state index contributed by atoms with van der Waals surface area (Å²) >= 11 is 6.23. The summed E-state index contributed by atoms with van der Waals surface area (Å²) in [5.41, 5.74) is 2.10. The molecule has 0 unspecified atom stereocenters. The molecule has 1 saturated carbocycles. The minimum atomic E-state index is -0.574. The van der Waals surface area contributed by atoms with Gasteiger partial charge >= 0.3 is 0 Å². The molecule has 4 nitrogen and oxygen atoms in total. The van der Waals surface area contributed by atoms with Gasteiger partial charge in [0, 0.05) is 10.7 Å². The SMILES string of the molecule is COc1ccc(C2(C(=O)Nc3ccc(C)c(Cl)c3)CCCCC2)cc1OC.